The maximum atomic E-state index is 14.1. The molecule has 0 fully saturated rings. The van der Waals surface area contributed by atoms with Gasteiger partial charge < -0.3 is 0 Å². The van der Waals surface area contributed by atoms with Crippen molar-refractivity contribution in [1.29, 1.82) is 0 Å². The minimum Gasteiger partial charge on any atom is -0.289 e. The van der Waals surface area contributed by atoms with Gasteiger partial charge in [-0.05, 0) is 38.1 Å². The van der Waals surface area contributed by atoms with E-state index >= 15 is 0 Å². The standard InChI is InChI=1S/C20H18F2N4O2S/c1-11-19(12(2)25(4)24-11)18(28)8-6-15-10-29-20(23-15)26(13(3)27)17-7-5-14(21)9-16(17)22/h5-10H,1-4H3. The van der Waals surface area contributed by atoms with E-state index in [-0.39, 0.29) is 16.6 Å². The van der Waals surface area contributed by atoms with E-state index in [1.807, 2.05) is 6.92 Å². The Labute approximate surface area is 170 Å². The molecular weight excluding hydrogens is 398 g/mol. The van der Waals surface area contributed by atoms with Crippen LogP contribution in [0.3, 0.4) is 0 Å². The molecule has 3 rings (SSSR count). The van der Waals surface area contributed by atoms with Crippen LogP contribution < -0.4 is 4.90 Å². The van der Waals surface area contributed by atoms with Gasteiger partial charge in [-0.2, -0.15) is 5.10 Å². The Kier molecular flexibility index (Phi) is 5.69. The average molecular weight is 416 g/mol. The second-order valence-electron chi connectivity index (χ2n) is 6.37. The van der Waals surface area contributed by atoms with Gasteiger partial charge >= 0.3 is 0 Å². The highest BCUT2D eigenvalue weighted by atomic mass is 32.1. The van der Waals surface area contributed by atoms with Crippen molar-refractivity contribution in [2.24, 2.45) is 7.05 Å². The Morgan fingerprint density at radius 2 is 1.97 bits per heavy atom. The molecule has 2 heterocycles. The Bertz CT molecular complexity index is 1130. The lowest BCUT2D eigenvalue weighted by atomic mass is 10.1. The van der Waals surface area contributed by atoms with E-state index in [0.29, 0.717) is 23.0 Å². The molecule has 1 aromatic carbocycles. The van der Waals surface area contributed by atoms with Gasteiger partial charge in [0, 0.05) is 31.1 Å². The smallest absolute Gasteiger partial charge is 0.230 e. The number of nitrogens with zero attached hydrogens (tertiary/aromatic N) is 4. The van der Waals surface area contributed by atoms with E-state index in [1.54, 1.807) is 24.0 Å². The molecule has 0 aliphatic carbocycles. The maximum absolute atomic E-state index is 14.1. The molecule has 0 atom stereocenters. The van der Waals surface area contributed by atoms with Gasteiger partial charge in [0.05, 0.1) is 22.6 Å². The lowest BCUT2D eigenvalue weighted by Gasteiger charge is -2.18. The molecule has 1 amide bonds. The molecule has 3 aromatic rings. The van der Waals surface area contributed by atoms with Crippen LogP contribution in [-0.2, 0) is 11.8 Å². The van der Waals surface area contributed by atoms with Crippen molar-refractivity contribution in [2.75, 3.05) is 4.90 Å². The van der Waals surface area contributed by atoms with Crippen LogP contribution in [0.2, 0.25) is 0 Å². The molecule has 29 heavy (non-hydrogen) atoms. The van der Waals surface area contributed by atoms with Crippen molar-refractivity contribution in [3.05, 3.63) is 63.9 Å². The normalized spacial score (nSPS) is 11.2. The number of hydrogen-bond acceptors (Lipinski definition) is 5. The lowest BCUT2D eigenvalue weighted by Crippen LogP contribution is -2.23. The van der Waals surface area contributed by atoms with Crippen molar-refractivity contribution < 1.29 is 18.4 Å². The number of aryl methyl sites for hydroxylation is 2. The van der Waals surface area contributed by atoms with E-state index in [4.69, 9.17) is 0 Å². The van der Waals surface area contributed by atoms with Crippen molar-refractivity contribution in [1.82, 2.24) is 14.8 Å². The summed E-state index contributed by atoms with van der Waals surface area (Å²) in [4.78, 5) is 29.9. The fourth-order valence-electron chi connectivity index (χ4n) is 2.90. The molecule has 0 aliphatic rings. The number of aromatic nitrogens is 3. The number of rotatable bonds is 5. The number of benzene rings is 1. The highest BCUT2D eigenvalue weighted by molar-refractivity contribution is 7.14. The van der Waals surface area contributed by atoms with Gasteiger partial charge in [0.1, 0.15) is 11.6 Å². The number of ketones is 1. The van der Waals surface area contributed by atoms with Crippen LogP contribution in [0, 0.1) is 25.5 Å². The topological polar surface area (TPSA) is 68.1 Å². The van der Waals surface area contributed by atoms with Crippen LogP contribution in [0.25, 0.3) is 6.08 Å². The van der Waals surface area contributed by atoms with Crippen LogP contribution in [0.15, 0.2) is 29.7 Å². The summed E-state index contributed by atoms with van der Waals surface area (Å²) in [7, 11) is 1.76. The molecule has 2 aromatic heterocycles. The number of hydrogen-bond donors (Lipinski definition) is 0. The second-order valence-corrected chi connectivity index (χ2v) is 7.21. The fourth-order valence-corrected chi connectivity index (χ4v) is 3.75. The number of carbonyl (C=O) groups is 2. The molecule has 6 nitrogen and oxygen atoms in total. The van der Waals surface area contributed by atoms with Gasteiger partial charge in [0.15, 0.2) is 10.9 Å². The largest absolute Gasteiger partial charge is 0.289 e. The van der Waals surface area contributed by atoms with Crippen molar-refractivity contribution in [3.63, 3.8) is 0 Å². The first-order chi connectivity index (χ1) is 13.7. The third-order valence-corrected chi connectivity index (χ3v) is 5.17. The summed E-state index contributed by atoms with van der Waals surface area (Å²) in [5.41, 5.74) is 2.25. The first-order valence-corrected chi connectivity index (χ1v) is 9.51. The van der Waals surface area contributed by atoms with Crippen LogP contribution in [0.5, 0.6) is 0 Å². The van der Waals surface area contributed by atoms with E-state index in [9.17, 15) is 18.4 Å². The minimum atomic E-state index is -0.870. The molecule has 0 radical (unpaired) electrons. The Balaban J connectivity index is 1.88. The summed E-state index contributed by atoms with van der Waals surface area (Å²) in [6, 6.07) is 2.96. The molecule has 150 valence electrons. The van der Waals surface area contributed by atoms with Gasteiger partial charge in [-0.1, -0.05) is 0 Å². The van der Waals surface area contributed by atoms with E-state index < -0.39 is 17.5 Å². The van der Waals surface area contributed by atoms with Gasteiger partial charge in [-0.15, -0.1) is 11.3 Å². The summed E-state index contributed by atoms with van der Waals surface area (Å²) < 4.78 is 29.0. The molecule has 0 unspecified atom stereocenters. The summed E-state index contributed by atoms with van der Waals surface area (Å²) >= 11 is 1.11. The zero-order valence-corrected chi connectivity index (χ0v) is 17.1. The van der Waals surface area contributed by atoms with Crippen LogP contribution in [0.4, 0.5) is 19.6 Å². The second kappa shape index (κ2) is 8.04. The predicted octanol–water partition coefficient (Wildman–Crippen LogP) is 4.35. The first-order valence-electron chi connectivity index (χ1n) is 8.63. The molecule has 0 bridgehead atoms. The number of amides is 1. The zero-order valence-electron chi connectivity index (χ0n) is 16.2. The predicted molar refractivity (Wildman–Crippen MR) is 107 cm³/mol. The highest BCUT2D eigenvalue weighted by Gasteiger charge is 2.21. The monoisotopic (exact) mass is 416 g/mol. The molecule has 9 heteroatoms. The van der Waals surface area contributed by atoms with Crippen LogP contribution in [0.1, 0.15) is 34.4 Å². The minimum absolute atomic E-state index is 0.0959. The Hall–Kier alpha value is -3.20. The number of allylic oxidation sites excluding steroid dienone is 1. The molecule has 0 saturated heterocycles. The molecule has 0 spiro atoms. The third-order valence-electron chi connectivity index (χ3n) is 4.33. The molecule has 0 aliphatic heterocycles. The van der Waals surface area contributed by atoms with Gasteiger partial charge in [-0.25, -0.2) is 13.8 Å². The van der Waals surface area contributed by atoms with E-state index in [0.717, 1.165) is 28.0 Å². The number of anilines is 2. The van der Waals surface area contributed by atoms with Crippen LogP contribution >= 0.6 is 11.3 Å². The van der Waals surface area contributed by atoms with Crippen molar-refractivity contribution >= 4 is 39.9 Å². The average Bonchev–Trinajstić information content (AvgIpc) is 3.19. The number of carbonyl (C=O) groups excluding carboxylic acids is 2. The van der Waals surface area contributed by atoms with Crippen LogP contribution in [-0.4, -0.2) is 26.5 Å². The Morgan fingerprint density at radius 3 is 2.55 bits per heavy atom. The summed E-state index contributed by atoms with van der Waals surface area (Å²) in [5, 5.41) is 6.07. The van der Waals surface area contributed by atoms with E-state index in [1.165, 1.54) is 25.1 Å². The quantitative estimate of drug-likeness (QED) is 0.458. The molecular formula is C20H18F2N4O2S. The summed E-state index contributed by atoms with van der Waals surface area (Å²) in [6.07, 6.45) is 2.90. The van der Waals surface area contributed by atoms with Gasteiger partial charge in [0.2, 0.25) is 5.91 Å². The number of halogens is 2. The maximum Gasteiger partial charge on any atom is 0.230 e. The molecule has 0 N–H and O–H groups in total. The lowest BCUT2D eigenvalue weighted by molar-refractivity contribution is -0.115. The van der Waals surface area contributed by atoms with Crippen molar-refractivity contribution in [2.45, 2.75) is 20.8 Å². The third kappa shape index (κ3) is 4.14. The Morgan fingerprint density at radius 1 is 1.24 bits per heavy atom. The fraction of sp³-hybridized carbons (Fsp3) is 0.200. The SMILES string of the molecule is CC(=O)N(c1nc(C=CC(=O)c2c(C)nn(C)c2C)cs1)c1ccc(F)cc1F. The van der Waals surface area contributed by atoms with Crippen molar-refractivity contribution in [3.8, 4) is 0 Å². The summed E-state index contributed by atoms with van der Waals surface area (Å²) in [5.74, 6) is -2.30. The zero-order chi connectivity index (χ0) is 21.3. The number of thiazole rings is 1. The van der Waals surface area contributed by atoms with E-state index in [2.05, 4.69) is 10.1 Å². The van der Waals surface area contributed by atoms with Gasteiger partial charge in [-0.3, -0.25) is 19.2 Å². The highest BCUT2D eigenvalue weighted by Crippen LogP contribution is 2.31. The molecule has 0 saturated carbocycles. The van der Waals surface area contributed by atoms with Gasteiger partial charge in [0.25, 0.3) is 0 Å². The first kappa shape index (κ1) is 20.5. The summed E-state index contributed by atoms with van der Waals surface area (Å²) in [6.45, 7) is 4.83.